The number of methoxy groups -OCH3 is 1. The molecule has 0 radical (unpaired) electrons. The lowest BCUT2D eigenvalue weighted by Gasteiger charge is -2.01. The standard InChI is InChI=1S/C8H7N3O2/c1-13-6-4-2-3-5-7(6)9-8(12)11-10-5/h2-4H,1H3,(H,9,11,12). The van der Waals surface area contributed by atoms with Crippen LogP contribution in [0.5, 0.6) is 11.8 Å². The molecule has 0 atom stereocenters. The summed E-state index contributed by atoms with van der Waals surface area (Å²) >= 11 is 0. The molecule has 5 heteroatoms. The van der Waals surface area contributed by atoms with E-state index in [0.717, 1.165) is 0 Å². The largest absolute Gasteiger partial charge is 0.494 e. The summed E-state index contributed by atoms with van der Waals surface area (Å²) in [5.74, 6) is 0.572. The van der Waals surface area contributed by atoms with E-state index in [1.807, 2.05) is 0 Å². The molecule has 0 spiro atoms. The van der Waals surface area contributed by atoms with E-state index in [-0.39, 0.29) is 6.01 Å². The molecule has 0 aliphatic rings. The van der Waals surface area contributed by atoms with Crippen molar-refractivity contribution in [3.63, 3.8) is 0 Å². The summed E-state index contributed by atoms with van der Waals surface area (Å²) in [5, 5.41) is 16.2. The van der Waals surface area contributed by atoms with Gasteiger partial charge in [0.15, 0.2) is 0 Å². The highest BCUT2D eigenvalue weighted by atomic mass is 16.5. The highest BCUT2D eigenvalue weighted by molar-refractivity contribution is 5.80. The molecule has 1 heterocycles. The topological polar surface area (TPSA) is 68.1 Å². The molecule has 1 aromatic heterocycles. The van der Waals surface area contributed by atoms with E-state index in [1.54, 1.807) is 18.2 Å². The van der Waals surface area contributed by atoms with Crippen molar-refractivity contribution in [3.8, 4) is 11.8 Å². The summed E-state index contributed by atoms with van der Waals surface area (Å²) in [4.78, 5) is 3.80. The van der Waals surface area contributed by atoms with E-state index in [1.165, 1.54) is 7.11 Å². The number of aromatic hydroxyl groups is 1. The van der Waals surface area contributed by atoms with Crippen LogP contribution < -0.4 is 4.74 Å². The second-order valence-electron chi connectivity index (χ2n) is 2.44. The summed E-state index contributed by atoms with van der Waals surface area (Å²) in [5.41, 5.74) is 1.11. The molecular formula is C8H7N3O2. The molecule has 1 N–H and O–H groups in total. The lowest BCUT2D eigenvalue weighted by molar-refractivity contribution is 0.410. The fraction of sp³-hybridized carbons (Fsp3) is 0.125. The number of benzene rings is 1. The van der Waals surface area contributed by atoms with Gasteiger partial charge in [0.2, 0.25) is 0 Å². The minimum absolute atomic E-state index is 0.350. The van der Waals surface area contributed by atoms with Crippen LogP contribution in [-0.4, -0.2) is 27.4 Å². The molecule has 0 bridgehead atoms. The third-order valence-corrected chi connectivity index (χ3v) is 1.66. The average molecular weight is 177 g/mol. The van der Waals surface area contributed by atoms with Crippen molar-refractivity contribution in [2.75, 3.05) is 7.11 Å². The van der Waals surface area contributed by atoms with Crippen molar-refractivity contribution < 1.29 is 9.84 Å². The van der Waals surface area contributed by atoms with E-state index in [9.17, 15) is 0 Å². The minimum Gasteiger partial charge on any atom is -0.494 e. The van der Waals surface area contributed by atoms with Crippen LogP contribution in [0.2, 0.25) is 0 Å². The van der Waals surface area contributed by atoms with Crippen LogP contribution >= 0.6 is 0 Å². The number of ether oxygens (including phenoxy) is 1. The van der Waals surface area contributed by atoms with E-state index in [2.05, 4.69) is 15.2 Å². The van der Waals surface area contributed by atoms with Crippen molar-refractivity contribution in [1.82, 2.24) is 15.2 Å². The quantitative estimate of drug-likeness (QED) is 0.695. The molecule has 0 aliphatic carbocycles. The van der Waals surface area contributed by atoms with Gasteiger partial charge in [-0.2, -0.15) is 4.98 Å². The highest BCUT2D eigenvalue weighted by Gasteiger charge is 2.04. The van der Waals surface area contributed by atoms with Gasteiger partial charge in [-0.25, -0.2) is 0 Å². The van der Waals surface area contributed by atoms with Gasteiger partial charge in [-0.15, -0.1) is 5.10 Å². The first-order chi connectivity index (χ1) is 6.31. The Balaban J connectivity index is 2.79. The first kappa shape index (κ1) is 7.72. The molecule has 5 nitrogen and oxygen atoms in total. The summed E-state index contributed by atoms with van der Waals surface area (Å²) in [7, 11) is 1.54. The van der Waals surface area contributed by atoms with Gasteiger partial charge in [0.1, 0.15) is 16.8 Å². The molecule has 13 heavy (non-hydrogen) atoms. The zero-order valence-corrected chi connectivity index (χ0v) is 6.93. The fourth-order valence-corrected chi connectivity index (χ4v) is 1.09. The van der Waals surface area contributed by atoms with Crippen LogP contribution in [0.3, 0.4) is 0 Å². The Kier molecular flexibility index (Phi) is 1.70. The van der Waals surface area contributed by atoms with Crippen LogP contribution in [0, 0.1) is 0 Å². The van der Waals surface area contributed by atoms with Crippen molar-refractivity contribution in [3.05, 3.63) is 18.2 Å². The molecule has 2 aromatic rings. The zero-order valence-electron chi connectivity index (χ0n) is 6.93. The highest BCUT2D eigenvalue weighted by Crippen LogP contribution is 2.21. The second kappa shape index (κ2) is 2.85. The maximum Gasteiger partial charge on any atom is 0.333 e. The van der Waals surface area contributed by atoms with Crippen LogP contribution in [0.1, 0.15) is 0 Å². The number of rotatable bonds is 1. The molecule has 0 fully saturated rings. The number of nitrogens with zero attached hydrogens (tertiary/aromatic N) is 3. The molecule has 2 rings (SSSR count). The monoisotopic (exact) mass is 177 g/mol. The third kappa shape index (κ3) is 1.24. The molecule has 0 aliphatic heterocycles. The van der Waals surface area contributed by atoms with Gasteiger partial charge < -0.3 is 9.84 Å². The summed E-state index contributed by atoms with van der Waals surface area (Å²) in [6.07, 6.45) is 0. The average Bonchev–Trinajstić information content (AvgIpc) is 2.17. The van der Waals surface area contributed by atoms with Gasteiger partial charge in [0, 0.05) is 0 Å². The van der Waals surface area contributed by atoms with Crippen LogP contribution in [0.4, 0.5) is 0 Å². The number of hydrogen-bond donors (Lipinski definition) is 1. The van der Waals surface area contributed by atoms with Gasteiger partial charge in [0.05, 0.1) is 7.11 Å². The van der Waals surface area contributed by atoms with Gasteiger partial charge in [-0.3, -0.25) is 0 Å². The molecular weight excluding hydrogens is 170 g/mol. The zero-order chi connectivity index (χ0) is 9.26. The van der Waals surface area contributed by atoms with Crippen molar-refractivity contribution >= 4 is 11.0 Å². The summed E-state index contributed by atoms with van der Waals surface area (Å²) in [6, 6.07) is 4.93. The minimum atomic E-state index is -0.350. The number of hydrogen-bond acceptors (Lipinski definition) is 5. The second-order valence-corrected chi connectivity index (χ2v) is 2.44. The first-order valence-corrected chi connectivity index (χ1v) is 3.67. The van der Waals surface area contributed by atoms with Crippen molar-refractivity contribution in [1.29, 1.82) is 0 Å². The van der Waals surface area contributed by atoms with Crippen molar-refractivity contribution in [2.45, 2.75) is 0 Å². The molecule has 0 saturated heterocycles. The third-order valence-electron chi connectivity index (χ3n) is 1.66. The Hall–Kier alpha value is -1.91. The Labute approximate surface area is 74.0 Å². The lowest BCUT2D eigenvalue weighted by Crippen LogP contribution is -1.92. The smallest absolute Gasteiger partial charge is 0.333 e. The van der Waals surface area contributed by atoms with E-state index in [0.29, 0.717) is 16.8 Å². The lowest BCUT2D eigenvalue weighted by atomic mass is 10.3. The summed E-state index contributed by atoms with van der Waals surface area (Å²) in [6.45, 7) is 0. The molecule has 0 unspecified atom stereocenters. The normalized spacial score (nSPS) is 10.2. The maximum absolute atomic E-state index is 9.01. The van der Waals surface area contributed by atoms with E-state index >= 15 is 0 Å². The van der Waals surface area contributed by atoms with Crippen LogP contribution in [-0.2, 0) is 0 Å². The molecule has 0 saturated carbocycles. The van der Waals surface area contributed by atoms with Gasteiger partial charge in [-0.05, 0) is 12.1 Å². The van der Waals surface area contributed by atoms with Crippen LogP contribution in [0.15, 0.2) is 18.2 Å². The number of fused-ring (bicyclic) bond motifs is 1. The van der Waals surface area contributed by atoms with Gasteiger partial charge in [0.25, 0.3) is 0 Å². The number of para-hydroxylation sites is 1. The van der Waals surface area contributed by atoms with Gasteiger partial charge in [-0.1, -0.05) is 11.2 Å². The van der Waals surface area contributed by atoms with E-state index in [4.69, 9.17) is 9.84 Å². The van der Waals surface area contributed by atoms with Crippen molar-refractivity contribution in [2.24, 2.45) is 0 Å². The Morgan fingerprint density at radius 1 is 1.31 bits per heavy atom. The Morgan fingerprint density at radius 2 is 2.15 bits per heavy atom. The SMILES string of the molecule is COc1cccc2nnc(O)nc12. The molecule has 66 valence electrons. The van der Waals surface area contributed by atoms with Gasteiger partial charge >= 0.3 is 6.01 Å². The van der Waals surface area contributed by atoms with Crippen LogP contribution in [0.25, 0.3) is 11.0 Å². The predicted octanol–water partition coefficient (Wildman–Crippen LogP) is 0.739. The summed E-state index contributed by atoms with van der Waals surface area (Å²) < 4.78 is 5.04. The molecule has 0 amide bonds. The maximum atomic E-state index is 9.01. The first-order valence-electron chi connectivity index (χ1n) is 3.67. The number of aromatic nitrogens is 3. The molecule has 1 aromatic carbocycles. The predicted molar refractivity (Wildman–Crippen MR) is 45.5 cm³/mol. The van der Waals surface area contributed by atoms with E-state index < -0.39 is 0 Å². The Morgan fingerprint density at radius 3 is 2.92 bits per heavy atom. The Bertz CT molecular complexity index is 444. The fourth-order valence-electron chi connectivity index (χ4n) is 1.09.